The molecule has 0 aromatic heterocycles. The fourth-order valence-electron chi connectivity index (χ4n) is 3.17. The maximum absolute atomic E-state index is 12.8. The van der Waals surface area contributed by atoms with Crippen LogP contribution in [0.15, 0.2) is 47.4 Å². The number of carbonyl (C=O) groups is 2. The van der Waals surface area contributed by atoms with Gasteiger partial charge >= 0.3 is 0 Å². The number of anilines is 1. The van der Waals surface area contributed by atoms with E-state index in [4.69, 9.17) is 23.2 Å². The molecule has 2 aromatic rings. The van der Waals surface area contributed by atoms with Crippen LogP contribution in [-0.4, -0.2) is 56.2 Å². The minimum absolute atomic E-state index is 0.0404. The van der Waals surface area contributed by atoms with Gasteiger partial charge in [0.15, 0.2) is 0 Å². The highest BCUT2D eigenvalue weighted by Gasteiger charge is 2.25. The molecule has 0 bridgehead atoms. The van der Waals surface area contributed by atoms with E-state index in [1.165, 1.54) is 24.3 Å². The van der Waals surface area contributed by atoms with E-state index in [1.54, 1.807) is 28.0 Å². The summed E-state index contributed by atoms with van der Waals surface area (Å²) in [4.78, 5) is 27.9. The molecule has 0 saturated carbocycles. The first-order valence-electron chi connectivity index (χ1n) is 9.36. The van der Waals surface area contributed by atoms with E-state index in [9.17, 15) is 18.0 Å². The van der Waals surface area contributed by atoms with Crippen LogP contribution in [0.3, 0.4) is 0 Å². The van der Waals surface area contributed by atoms with Gasteiger partial charge in [0.25, 0.3) is 15.9 Å². The second-order valence-corrected chi connectivity index (χ2v) is 9.28. The molecule has 2 amide bonds. The number of benzene rings is 2. The van der Waals surface area contributed by atoms with E-state index in [0.717, 1.165) is 0 Å². The minimum Gasteiger partial charge on any atom is -0.339 e. The summed E-state index contributed by atoms with van der Waals surface area (Å²) in [6, 6.07) is 10.4. The molecular weight excluding hydrogens is 449 g/mol. The van der Waals surface area contributed by atoms with Crippen molar-refractivity contribution in [1.29, 1.82) is 0 Å². The standard InChI is InChI=1S/C20H21Cl2N3O4S/c1-2-19(26)24-8-10-25(11-9-24)20(27)14-4-3-5-16(12-14)23-30(28,29)18-13-15(21)6-7-17(18)22/h3-7,12-13,23H,2,8-11H2,1H3. The topological polar surface area (TPSA) is 86.8 Å². The predicted octanol–water partition coefficient (Wildman–Crippen LogP) is 3.49. The Morgan fingerprint density at radius 3 is 2.33 bits per heavy atom. The number of sulfonamides is 1. The van der Waals surface area contributed by atoms with Gasteiger partial charge in [0.1, 0.15) is 4.90 Å². The highest BCUT2D eigenvalue weighted by atomic mass is 35.5. The van der Waals surface area contributed by atoms with Gasteiger partial charge in [-0.3, -0.25) is 14.3 Å². The molecule has 0 radical (unpaired) electrons. The van der Waals surface area contributed by atoms with Crippen molar-refractivity contribution in [1.82, 2.24) is 9.80 Å². The monoisotopic (exact) mass is 469 g/mol. The van der Waals surface area contributed by atoms with E-state index >= 15 is 0 Å². The zero-order valence-corrected chi connectivity index (χ0v) is 18.6. The maximum atomic E-state index is 12.8. The van der Waals surface area contributed by atoms with Gasteiger partial charge < -0.3 is 9.80 Å². The molecule has 3 rings (SSSR count). The molecule has 1 fully saturated rings. The first-order valence-corrected chi connectivity index (χ1v) is 11.6. The van der Waals surface area contributed by atoms with Crippen LogP contribution in [0.2, 0.25) is 10.0 Å². The number of nitrogens with zero attached hydrogens (tertiary/aromatic N) is 2. The number of amides is 2. The van der Waals surface area contributed by atoms with Crippen LogP contribution in [0, 0.1) is 0 Å². The molecule has 1 aliphatic rings. The lowest BCUT2D eigenvalue weighted by molar-refractivity contribution is -0.132. The van der Waals surface area contributed by atoms with Crippen LogP contribution in [0.4, 0.5) is 5.69 Å². The normalized spacial score (nSPS) is 14.5. The molecule has 0 spiro atoms. The molecule has 0 atom stereocenters. The van der Waals surface area contributed by atoms with Crippen molar-refractivity contribution in [3.8, 4) is 0 Å². The van der Waals surface area contributed by atoms with Gasteiger partial charge in [0.2, 0.25) is 5.91 Å². The zero-order chi connectivity index (χ0) is 21.9. The van der Waals surface area contributed by atoms with Crippen molar-refractivity contribution in [3.63, 3.8) is 0 Å². The van der Waals surface area contributed by atoms with Gasteiger partial charge in [0.05, 0.1) is 5.02 Å². The van der Waals surface area contributed by atoms with Crippen molar-refractivity contribution < 1.29 is 18.0 Å². The Bertz CT molecular complexity index is 1070. The van der Waals surface area contributed by atoms with Gasteiger partial charge in [-0.2, -0.15) is 0 Å². The average Bonchev–Trinajstić information content (AvgIpc) is 2.74. The Kier molecular flexibility index (Phi) is 6.90. The Labute approximate surface area is 185 Å². The van der Waals surface area contributed by atoms with Gasteiger partial charge in [-0.25, -0.2) is 8.42 Å². The smallest absolute Gasteiger partial charge is 0.263 e. The molecule has 1 N–H and O–H groups in total. The molecule has 1 saturated heterocycles. The summed E-state index contributed by atoms with van der Waals surface area (Å²) in [6.45, 7) is 3.64. The minimum atomic E-state index is -3.99. The zero-order valence-electron chi connectivity index (χ0n) is 16.3. The number of halogens is 2. The van der Waals surface area contributed by atoms with Gasteiger partial charge in [-0.05, 0) is 36.4 Å². The molecule has 2 aromatic carbocycles. The van der Waals surface area contributed by atoms with Crippen LogP contribution in [0.25, 0.3) is 0 Å². The summed E-state index contributed by atoms with van der Waals surface area (Å²) in [6.07, 6.45) is 0.437. The average molecular weight is 470 g/mol. The third kappa shape index (κ3) is 5.06. The van der Waals surface area contributed by atoms with Gasteiger partial charge in [-0.15, -0.1) is 0 Å². The number of nitrogens with one attached hydrogen (secondary N) is 1. The van der Waals surface area contributed by atoms with Crippen LogP contribution >= 0.6 is 23.2 Å². The van der Waals surface area contributed by atoms with E-state index < -0.39 is 10.0 Å². The largest absolute Gasteiger partial charge is 0.339 e. The van der Waals surface area contributed by atoms with E-state index in [2.05, 4.69) is 4.72 Å². The fourth-order valence-corrected chi connectivity index (χ4v) is 4.99. The molecule has 10 heteroatoms. The number of piperazine rings is 1. The number of hydrogen-bond donors (Lipinski definition) is 1. The van der Waals surface area contributed by atoms with Crippen molar-refractivity contribution in [2.75, 3.05) is 30.9 Å². The SMILES string of the molecule is CCC(=O)N1CCN(C(=O)c2cccc(NS(=O)(=O)c3cc(Cl)ccc3Cl)c2)CC1. The van der Waals surface area contributed by atoms with Crippen molar-refractivity contribution in [2.24, 2.45) is 0 Å². The van der Waals surface area contributed by atoms with Crippen LogP contribution < -0.4 is 4.72 Å². The predicted molar refractivity (Wildman–Crippen MR) is 116 cm³/mol. The van der Waals surface area contributed by atoms with Crippen LogP contribution in [-0.2, 0) is 14.8 Å². The van der Waals surface area contributed by atoms with Gasteiger partial charge in [-0.1, -0.05) is 36.2 Å². The number of hydrogen-bond acceptors (Lipinski definition) is 4. The van der Waals surface area contributed by atoms with Crippen molar-refractivity contribution in [3.05, 3.63) is 58.1 Å². The van der Waals surface area contributed by atoms with Crippen molar-refractivity contribution in [2.45, 2.75) is 18.2 Å². The Morgan fingerprint density at radius 2 is 1.67 bits per heavy atom. The summed E-state index contributed by atoms with van der Waals surface area (Å²) in [5, 5.41) is 0.281. The molecule has 1 aliphatic heterocycles. The third-order valence-electron chi connectivity index (χ3n) is 4.77. The van der Waals surface area contributed by atoms with Crippen LogP contribution in [0.5, 0.6) is 0 Å². The third-order valence-corrected chi connectivity index (χ3v) is 6.86. The summed E-state index contributed by atoms with van der Waals surface area (Å²) < 4.78 is 27.8. The second kappa shape index (κ2) is 9.24. The molecular formula is C20H21Cl2N3O4S. The summed E-state index contributed by atoms with van der Waals surface area (Å²) in [5.41, 5.74) is 0.583. The van der Waals surface area contributed by atoms with Crippen LogP contribution in [0.1, 0.15) is 23.7 Å². The molecule has 0 aliphatic carbocycles. The summed E-state index contributed by atoms with van der Waals surface area (Å²) in [5.74, 6) is -0.154. The lowest BCUT2D eigenvalue weighted by Gasteiger charge is -2.34. The lowest BCUT2D eigenvalue weighted by Crippen LogP contribution is -2.50. The van der Waals surface area contributed by atoms with Crippen molar-refractivity contribution >= 4 is 50.7 Å². The maximum Gasteiger partial charge on any atom is 0.263 e. The Morgan fingerprint density at radius 1 is 1.00 bits per heavy atom. The molecule has 30 heavy (non-hydrogen) atoms. The van der Waals surface area contributed by atoms with Gasteiger partial charge in [0, 0.05) is 48.9 Å². The first-order chi connectivity index (χ1) is 14.2. The quantitative estimate of drug-likeness (QED) is 0.725. The fraction of sp³-hybridized carbons (Fsp3) is 0.300. The lowest BCUT2D eigenvalue weighted by atomic mass is 10.1. The highest BCUT2D eigenvalue weighted by Crippen LogP contribution is 2.27. The molecule has 0 unspecified atom stereocenters. The molecule has 7 nitrogen and oxygen atoms in total. The molecule has 160 valence electrons. The van der Waals surface area contributed by atoms with E-state index in [0.29, 0.717) is 38.2 Å². The summed E-state index contributed by atoms with van der Waals surface area (Å²) >= 11 is 11.9. The Balaban J connectivity index is 1.74. The second-order valence-electron chi connectivity index (χ2n) is 6.79. The van der Waals surface area contributed by atoms with E-state index in [-0.39, 0.29) is 32.4 Å². The summed E-state index contributed by atoms with van der Waals surface area (Å²) in [7, 11) is -3.99. The van der Waals surface area contributed by atoms with E-state index in [1.807, 2.05) is 6.92 Å². The number of rotatable bonds is 5. The molecule has 1 heterocycles. The first kappa shape index (κ1) is 22.4. The Hall–Kier alpha value is -2.29. The number of carbonyl (C=O) groups excluding carboxylic acids is 2. The highest BCUT2D eigenvalue weighted by molar-refractivity contribution is 7.92.